The third-order valence-electron chi connectivity index (χ3n) is 8.67. The van der Waals surface area contributed by atoms with Crippen LogP contribution in [0.4, 0.5) is 28.9 Å². The van der Waals surface area contributed by atoms with Crippen molar-refractivity contribution in [3.63, 3.8) is 0 Å². The summed E-state index contributed by atoms with van der Waals surface area (Å²) in [5.74, 6) is 0.429. The van der Waals surface area contributed by atoms with Crippen LogP contribution in [0.1, 0.15) is 56.1 Å². The molecule has 0 spiro atoms. The van der Waals surface area contributed by atoms with Gasteiger partial charge < -0.3 is 14.5 Å². The zero-order valence-electron chi connectivity index (χ0n) is 23.4. The Kier molecular flexibility index (Phi) is 10.9. The van der Waals surface area contributed by atoms with Crippen molar-refractivity contribution >= 4 is 29.7 Å². The Morgan fingerprint density at radius 2 is 1.56 bits per heavy atom. The predicted molar refractivity (Wildman–Crippen MR) is 155 cm³/mol. The van der Waals surface area contributed by atoms with Gasteiger partial charge in [0.2, 0.25) is 5.91 Å². The van der Waals surface area contributed by atoms with Gasteiger partial charge in [-0.3, -0.25) is 9.69 Å². The largest absolute Gasteiger partial charge is 0.416 e. The SMILES string of the molecule is Cl.O=C(CC1CCCC1)N(CC1CCN(Cc2ccc(C(F)(F)F)cc2)CC1)c1ccc(N2CCOCC2)c(F)c1. The number of ether oxygens (including phenoxy) is 1. The highest BCUT2D eigenvalue weighted by atomic mass is 35.5. The number of nitrogens with zero attached hydrogens (tertiary/aromatic N) is 3. The van der Waals surface area contributed by atoms with Crippen molar-refractivity contribution in [1.29, 1.82) is 0 Å². The molecule has 2 aliphatic heterocycles. The Labute approximate surface area is 246 Å². The Morgan fingerprint density at radius 1 is 0.902 bits per heavy atom. The quantitative estimate of drug-likeness (QED) is 0.309. The lowest BCUT2D eigenvalue weighted by Crippen LogP contribution is -2.41. The van der Waals surface area contributed by atoms with Crippen LogP contribution in [0, 0.1) is 17.7 Å². The maximum absolute atomic E-state index is 15.3. The summed E-state index contributed by atoms with van der Waals surface area (Å²) >= 11 is 0. The molecule has 41 heavy (non-hydrogen) atoms. The van der Waals surface area contributed by atoms with E-state index in [1.807, 2.05) is 11.0 Å². The molecule has 5 rings (SSSR count). The minimum Gasteiger partial charge on any atom is -0.378 e. The molecule has 1 aliphatic carbocycles. The monoisotopic (exact) mass is 597 g/mol. The van der Waals surface area contributed by atoms with E-state index >= 15 is 4.39 Å². The smallest absolute Gasteiger partial charge is 0.378 e. The summed E-state index contributed by atoms with van der Waals surface area (Å²) in [6.45, 7) is 5.20. The number of morpholine rings is 1. The lowest BCUT2D eigenvalue weighted by Gasteiger charge is -2.35. The molecule has 3 aliphatic rings. The maximum atomic E-state index is 15.3. The first kappa shape index (κ1) is 31.6. The third-order valence-corrected chi connectivity index (χ3v) is 8.67. The van der Waals surface area contributed by atoms with Crippen LogP contribution in [-0.4, -0.2) is 56.7 Å². The van der Waals surface area contributed by atoms with Crippen LogP contribution < -0.4 is 9.80 Å². The number of halogens is 5. The van der Waals surface area contributed by atoms with Crippen molar-refractivity contribution < 1.29 is 27.1 Å². The van der Waals surface area contributed by atoms with Gasteiger partial charge in [0, 0.05) is 38.3 Å². The number of rotatable bonds is 8. The first-order chi connectivity index (χ1) is 19.3. The molecule has 0 N–H and O–H groups in total. The summed E-state index contributed by atoms with van der Waals surface area (Å²) in [6, 6.07) is 10.6. The van der Waals surface area contributed by atoms with Crippen LogP contribution in [0.25, 0.3) is 0 Å². The van der Waals surface area contributed by atoms with Crippen molar-refractivity contribution in [2.24, 2.45) is 11.8 Å². The highest BCUT2D eigenvalue weighted by Crippen LogP contribution is 2.33. The van der Waals surface area contributed by atoms with Gasteiger partial charge in [-0.1, -0.05) is 25.0 Å². The number of hydrogen-bond acceptors (Lipinski definition) is 4. The number of piperidine rings is 1. The maximum Gasteiger partial charge on any atom is 0.416 e. The summed E-state index contributed by atoms with van der Waals surface area (Å²) in [6.07, 6.45) is 2.41. The van der Waals surface area contributed by atoms with E-state index in [1.165, 1.54) is 6.07 Å². The average molecular weight is 598 g/mol. The molecule has 1 saturated carbocycles. The first-order valence-electron chi connectivity index (χ1n) is 14.6. The van der Waals surface area contributed by atoms with Gasteiger partial charge in [0.25, 0.3) is 0 Å². The van der Waals surface area contributed by atoms with E-state index in [2.05, 4.69) is 4.90 Å². The Balaban J connectivity index is 0.00000387. The molecule has 226 valence electrons. The van der Waals surface area contributed by atoms with Crippen molar-refractivity contribution in [3.8, 4) is 0 Å². The van der Waals surface area contributed by atoms with Crippen molar-refractivity contribution in [2.45, 2.75) is 57.7 Å². The summed E-state index contributed by atoms with van der Waals surface area (Å²) in [5, 5.41) is 0. The molecular formula is C31H40ClF4N3O2. The van der Waals surface area contributed by atoms with E-state index in [4.69, 9.17) is 4.74 Å². The zero-order valence-corrected chi connectivity index (χ0v) is 24.2. The lowest BCUT2D eigenvalue weighted by atomic mass is 9.94. The van der Waals surface area contributed by atoms with Gasteiger partial charge in [0.1, 0.15) is 5.82 Å². The van der Waals surface area contributed by atoms with Crippen molar-refractivity contribution in [1.82, 2.24) is 4.90 Å². The molecule has 10 heteroatoms. The first-order valence-corrected chi connectivity index (χ1v) is 14.6. The van der Waals surface area contributed by atoms with E-state index in [0.717, 1.165) is 69.3 Å². The van der Waals surface area contributed by atoms with E-state index in [0.29, 0.717) is 63.1 Å². The third kappa shape index (κ3) is 8.36. The zero-order chi connectivity index (χ0) is 28.1. The normalized spacial score (nSPS) is 19.3. The minimum absolute atomic E-state index is 0. The second-order valence-corrected chi connectivity index (χ2v) is 11.5. The van der Waals surface area contributed by atoms with Crippen LogP contribution in [0.15, 0.2) is 42.5 Å². The standard InChI is InChI=1S/C31H39F4N3O2.ClH/c32-28-20-27(9-10-29(28)37-15-17-40-18-16-37)38(30(39)19-23-3-1-2-4-23)22-25-11-13-36(14-12-25)21-24-5-7-26(8-6-24)31(33,34)35;/h5-10,20,23,25H,1-4,11-19,21-22H2;1H. The second kappa shape index (κ2) is 14.2. The fourth-order valence-electron chi connectivity index (χ4n) is 6.29. The van der Waals surface area contributed by atoms with Gasteiger partial charge >= 0.3 is 6.18 Å². The van der Waals surface area contributed by atoms with Crippen LogP contribution in [-0.2, 0) is 22.3 Å². The van der Waals surface area contributed by atoms with E-state index < -0.39 is 11.7 Å². The van der Waals surface area contributed by atoms with Crippen LogP contribution in [0.5, 0.6) is 0 Å². The molecule has 2 heterocycles. The highest BCUT2D eigenvalue weighted by Gasteiger charge is 2.31. The molecule has 0 bridgehead atoms. The summed E-state index contributed by atoms with van der Waals surface area (Å²) in [4.78, 5) is 19.6. The van der Waals surface area contributed by atoms with Gasteiger partial charge in [0.15, 0.2) is 0 Å². The molecule has 2 aromatic carbocycles. The number of hydrogen-bond donors (Lipinski definition) is 0. The number of benzene rings is 2. The molecular weight excluding hydrogens is 558 g/mol. The summed E-state index contributed by atoms with van der Waals surface area (Å²) in [7, 11) is 0. The lowest BCUT2D eigenvalue weighted by molar-refractivity contribution is -0.137. The van der Waals surface area contributed by atoms with Crippen molar-refractivity contribution in [2.75, 3.05) is 55.7 Å². The van der Waals surface area contributed by atoms with E-state index in [-0.39, 0.29) is 30.0 Å². The average Bonchev–Trinajstić information content (AvgIpc) is 3.46. The molecule has 3 fully saturated rings. The van der Waals surface area contributed by atoms with Crippen molar-refractivity contribution in [3.05, 3.63) is 59.4 Å². The van der Waals surface area contributed by atoms with Crippen LogP contribution in [0.2, 0.25) is 0 Å². The Morgan fingerprint density at radius 3 is 2.17 bits per heavy atom. The highest BCUT2D eigenvalue weighted by molar-refractivity contribution is 5.93. The predicted octanol–water partition coefficient (Wildman–Crippen LogP) is 6.93. The van der Waals surface area contributed by atoms with Gasteiger partial charge in [0.05, 0.1) is 24.5 Å². The van der Waals surface area contributed by atoms with Gasteiger partial charge in [-0.05, 0) is 86.5 Å². The van der Waals surface area contributed by atoms with Crippen LogP contribution in [0.3, 0.4) is 0 Å². The van der Waals surface area contributed by atoms with Gasteiger partial charge in [-0.25, -0.2) is 4.39 Å². The number of likely N-dealkylation sites (tertiary alicyclic amines) is 1. The topological polar surface area (TPSA) is 36.0 Å². The number of alkyl halides is 3. The second-order valence-electron chi connectivity index (χ2n) is 11.5. The molecule has 5 nitrogen and oxygen atoms in total. The number of carbonyl (C=O) groups is 1. The summed E-state index contributed by atoms with van der Waals surface area (Å²) < 4.78 is 59.3. The van der Waals surface area contributed by atoms with Gasteiger partial charge in [-0.2, -0.15) is 13.2 Å². The number of amides is 1. The fourth-order valence-corrected chi connectivity index (χ4v) is 6.29. The molecule has 0 radical (unpaired) electrons. The van der Waals surface area contributed by atoms with E-state index in [9.17, 15) is 18.0 Å². The molecule has 2 aromatic rings. The van der Waals surface area contributed by atoms with Gasteiger partial charge in [-0.15, -0.1) is 12.4 Å². The molecule has 0 atom stereocenters. The fraction of sp³-hybridized carbons (Fsp3) is 0.581. The molecule has 0 aromatic heterocycles. The minimum atomic E-state index is -4.33. The number of carbonyl (C=O) groups excluding carboxylic acids is 1. The molecule has 0 unspecified atom stereocenters. The number of anilines is 2. The molecule has 2 saturated heterocycles. The molecule has 1 amide bonds. The Hall–Kier alpha value is -2.36. The van der Waals surface area contributed by atoms with Crippen LogP contribution >= 0.6 is 12.4 Å². The van der Waals surface area contributed by atoms with E-state index in [1.54, 1.807) is 23.1 Å². The Bertz CT molecular complexity index is 1130. The summed E-state index contributed by atoms with van der Waals surface area (Å²) in [5.41, 5.74) is 1.39.